The summed E-state index contributed by atoms with van der Waals surface area (Å²) in [7, 11) is 1.69. The van der Waals surface area contributed by atoms with Gasteiger partial charge in [-0.05, 0) is 50.0 Å². The number of ether oxygens (including phenoxy) is 1. The maximum Gasteiger partial charge on any atom is 0.118 e. The van der Waals surface area contributed by atoms with Gasteiger partial charge in [-0.15, -0.1) is 0 Å². The molecule has 3 heteroatoms. The van der Waals surface area contributed by atoms with E-state index in [4.69, 9.17) is 9.84 Å². The Morgan fingerprint density at radius 3 is 2.39 bits per heavy atom. The van der Waals surface area contributed by atoms with E-state index >= 15 is 0 Å². The fraction of sp³-hybridized carbons (Fsp3) is 0.600. The second-order valence-corrected chi connectivity index (χ2v) is 4.49. The fourth-order valence-electron chi connectivity index (χ4n) is 1.87. The molecule has 1 aromatic rings. The number of unbranched alkanes of at least 4 members (excludes halogenated alkanes) is 3. The average molecular weight is 251 g/mol. The van der Waals surface area contributed by atoms with Crippen LogP contribution in [0.3, 0.4) is 0 Å². The highest BCUT2D eigenvalue weighted by Gasteiger charge is 1.95. The summed E-state index contributed by atoms with van der Waals surface area (Å²) in [6.45, 7) is 2.42. The van der Waals surface area contributed by atoms with Crippen molar-refractivity contribution in [2.75, 3.05) is 26.8 Å². The monoisotopic (exact) mass is 251 g/mol. The first-order chi connectivity index (χ1) is 8.86. The van der Waals surface area contributed by atoms with Crippen molar-refractivity contribution in [3.05, 3.63) is 29.8 Å². The van der Waals surface area contributed by atoms with Crippen LogP contribution in [-0.4, -0.2) is 31.9 Å². The first-order valence-electron chi connectivity index (χ1n) is 6.81. The molecule has 0 aromatic heterocycles. The lowest BCUT2D eigenvalue weighted by molar-refractivity contribution is 0.282. The van der Waals surface area contributed by atoms with Crippen LogP contribution < -0.4 is 10.1 Å². The Hall–Kier alpha value is -1.06. The van der Waals surface area contributed by atoms with E-state index < -0.39 is 0 Å². The molecule has 3 nitrogen and oxygen atoms in total. The van der Waals surface area contributed by atoms with Crippen LogP contribution in [0.5, 0.6) is 5.75 Å². The van der Waals surface area contributed by atoms with Crippen molar-refractivity contribution in [3.63, 3.8) is 0 Å². The van der Waals surface area contributed by atoms with Crippen molar-refractivity contribution < 1.29 is 9.84 Å². The number of benzene rings is 1. The molecule has 2 N–H and O–H groups in total. The number of rotatable bonds is 10. The molecule has 0 fully saturated rings. The maximum atomic E-state index is 8.65. The van der Waals surface area contributed by atoms with E-state index in [9.17, 15) is 0 Å². The Bertz CT molecular complexity index is 298. The summed E-state index contributed by atoms with van der Waals surface area (Å²) in [4.78, 5) is 0. The molecule has 0 amide bonds. The highest BCUT2D eigenvalue weighted by atomic mass is 16.5. The zero-order valence-corrected chi connectivity index (χ0v) is 11.3. The van der Waals surface area contributed by atoms with Gasteiger partial charge in [0.25, 0.3) is 0 Å². The molecule has 18 heavy (non-hydrogen) atoms. The largest absolute Gasteiger partial charge is 0.497 e. The number of hydrogen-bond donors (Lipinski definition) is 2. The maximum absolute atomic E-state index is 8.65. The standard InChI is InChI=1S/C15H25NO2/c1-18-15-8-6-14(7-9-15)10-12-16-11-4-2-3-5-13-17/h6-9,16-17H,2-5,10-13H2,1H3. The number of aliphatic hydroxyl groups excluding tert-OH is 1. The van der Waals surface area contributed by atoms with E-state index in [1.165, 1.54) is 18.4 Å². The molecule has 0 aliphatic rings. The molecule has 0 heterocycles. The minimum atomic E-state index is 0.324. The number of hydrogen-bond acceptors (Lipinski definition) is 3. The molecule has 0 spiro atoms. The molecule has 0 saturated heterocycles. The SMILES string of the molecule is COc1ccc(CCNCCCCCCO)cc1. The normalized spacial score (nSPS) is 10.6. The van der Waals surface area contributed by atoms with Crippen LogP contribution in [0, 0.1) is 0 Å². The van der Waals surface area contributed by atoms with Crippen molar-refractivity contribution in [2.24, 2.45) is 0 Å². The zero-order chi connectivity index (χ0) is 13.1. The minimum absolute atomic E-state index is 0.324. The highest BCUT2D eigenvalue weighted by Crippen LogP contribution is 2.11. The van der Waals surface area contributed by atoms with E-state index in [2.05, 4.69) is 17.4 Å². The summed E-state index contributed by atoms with van der Waals surface area (Å²) in [6, 6.07) is 8.23. The van der Waals surface area contributed by atoms with Crippen LogP contribution >= 0.6 is 0 Å². The molecule has 0 atom stereocenters. The Balaban J connectivity index is 2.00. The van der Waals surface area contributed by atoms with Crippen LogP contribution in [-0.2, 0) is 6.42 Å². The van der Waals surface area contributed by atoms with Crippen molar-refractivity contribution >= 4 is 0 Å². The predicted octanol–water partition coefficient (Wildman–Crippen LogP) is 2.38. The van der Waals surface area contributed by atoms with Gasteiger partial charge in [0, 0.05) is 6.61 Å². The van der Waals surface area contributed by atoms with Gasteiger partial charge in [-0.2, -0.15) is 0 Å². The summed E-state index contributed by atoms with van der Waals surface area (Å²) < 4.78 is 5.13. The number of nitrogens with one attached hydrogen (secondary N) is 1. The number of aliphatic hydroxyl groups is 1. The Morgan fingerprint density at radius 1 is 1.00 bits per heavy atom. The van der Waals surface area contributed by atoms with Gasteiger partial charge in [0.2, 0.25) is 0 Å². The molecule has 0 saturated carbocycles. The molecule has 1 aromatic carbocycles. The predicted molar refractivity (Wildman–Crippen MR) is 75.1 cm³/mol. The third-order valence-electron chi connectivity index (χ3n) is 3.01. The molecule has 0 bridgehead atoms. The van der Waals surface area contributed by atoms with Gasteiger partial charge < -0.3 is 15.2 Å². The summed E-state index contributed by atoms with van der Waals surface area (Å²) >= 11 is 0. The Morgan fingerprint density at radius 2 is 1.72 bits per heavy atom. The topological polar surface area (TPSA) is 41.5 Å². The van der Waals surface area contributed by atoms with E-state index in [-0.39, 0.29) is 0 Å². The smallest absolute Gasteiger partial charge is 0.118 e. The molecule has 0 radical (unpaired) electrons. The lowest BCUT2D eigenvalue weighted by Gasteiger charge is -2.06. The lowest BCUT2D eigenvalue weighted by Crippen LogP contribution is -2.18. The van der Waals surface area contributed by atoms with Gasteiger partial charge in [0.1, 0.15) is 5.75 Å². The fourth-order valence-corrected chi connectivity index (χ4v) is 1.87. The molecular weight excluding hydrogens is 226 g/mol. The third-order valence-corrected chi connectivity index (χ3v) is 3.01. The molecule has 1 rings (SSSR count). The van der Waals surface area contributed by atoms with Crippen LogP contribution in [0.15, 0.2) is 24.3 Å². The molecule has 0 aliphatic carbocycles. The second kappa shape index (κ2) is 9.92. The summed E-state index contributed by atoms with van der Waals surface area (Å²) in [6.07, 6.45) is 5.53. The van der Waals surface area contributed by atoms with Crippen molar-refractivity contribution in [1.82, 2.24) is 5.32 Å². The minimum Gasteiger partial charge on any atom is -0.497 e. The first kappa shape index (κ1) is 15.0. The van der Waals surface area contributed by atoms with E-state index in [0.717, 1.165) is 38.1 Å². The van der Waals surface area contributed by atoms with Crippen LogP contribution in [0.4, 0.5) is 0 Å². The zero-order valence-electron chi connectivity index (χ0n) is 11.3. The van der Waals surface area contributed by atoms with E-state index in [0.29, 0.717) is 6.61 Å². The highest BCUT2D eigenvalue weighted by molar-refractivity contribution is 5.27. The van der Waals surface area contributed by atoms with Crippen LogP contribution in [0.2, 0.25) is 0 Å². The van der Waals surface area contributed by atoms with Gasteiger partial charge in [-0.1, -0.05) is 25.0 Å². The molecular formula is C15H25NO2. The van der Waals surface area contributed by atoms with Gasteiger partial charge in [-0.3, -0.25) is 0 Å². The lowest BCUT2D eigenvalue weighted by atomic mass is 10.1. The third kappa shape index (κ3) is 6.62. The van der Waals surface area contributed by atoms with Crippen molar-refractivity contribution in [2.45, 2.75) is 32.1 Å². The van der Waals surface area contributed by atoms with Gasteiger partial charge in [0.05, 0.1) is 7.11 Å². The molecule has 0 aliphatic heterocycles. The van der Waals surface area contributed by atoms with Gasteiger partial charge >= 0.3 is 0 Å². The van der Waals surface area contributed by atoms with Crippen LogP contribution in [0.25, 0.3) is 0 Å². The van der Waals surface area contributed by atoms with Crippen molar-refractivity contribution in [3.8, 4) is 5.75 Å². The van der Waals surface area contributed by atoms with Gasteiger partial charge in [-0.25, -0.2) is 0 Å². The van der Waals surface area contributed by atoms with E-state index in [1.807, 2.05) is 12.1 Å². The summed E-state index contributed by atoms with van der Waals surface area (Å²) in [5.74, 6) is 0.913. The second-order valence-electron chi connectivity index (χ2n) is 4.49. The average Bonchev–Trinajstić information content (AvgIpc) is 2.42. The quantitative estimate of drug-likeness (QED) is 0.627. The number of methoxy groups -OCH3 is 1. The Labute approximate surface area is 110 Å². The Kier molecular flexibility index (Phi) is 8.26. The summed E-state index contributed by atoms with van der Waals surface area (Å²) in [5, 5.41) is 12.1. The molecule has 0 unspecified atom stereocenters. The summed E-state index contributed by atoms with van der Waals surface area (Å²) in [5.41, 5.74) is 1.34. The van der Waals surface area contributed by atoms with Crippen LogP contribution in [0.1, 0.15) is 31.2 Å². The van der Waals surface area contributed by atoms with Gasteiger partial charge in [0.15, 0.2) is 0 Å². The molecule has 102 valence electrons. The first-order valence-corrected chi connectivity index (χ1v) is 6.81. The van der Waals surface area contributed by atoms with Crippen molar-refractivity contribution in [1.29, 1.82) is 0 Å². The van der Waals surface area contributed by atoms with E-state index in [1.54, 1.807) is 7.11 Å².